The fraction of sp³-hybridized carbons (Fsp3) is 0.100. The molecule has 0 aliphatic carbocycles. The van der Waals surface area contributed by atoms with Crippen molar-refractivity contribution in [2.45, 2.75) is 12.1 Å². The van der Waals surface area contributed by atoms with E-state index in [0.29, 0.717) is 26.7 Å². The maximum Gasteiger partial charge on any atom is 0.236 e. The smallest absolute Gasteiger partial charge is 0.236 e. The first kappa shape index (κ1) is 20.5. The fourth-order valence-electron chi connectivity index (χ4n) is 2.73. The number of aromatic nitrogens is 4. The van der Waals surface area contributed by atoms with Gasteiger partial charge in [-0.05, 0) is 31.2 Å². The standard InChI is InChI=1S/C20H15ClFN5OS2/c1-12-10-29-19(23-12)24-17(28)11-30-20-26-25-18(13-6-2-3-7-14(13)21)27(20)16-9-5-4-8-15(16)22/h2-10H,11H2,1H3,(H,23,24,28). The number of aryl methyl sites for hydroxylation is 1. The second-order valence-electron chi connectivity index (χ2n) is 6.20. The van der Waals surface area contributed by atoms with Crippen molar-refractivity contribution in [2.24, 2.45) is 0 Å². The van der Waals surface area contributed by atoms with Crippen molar-refractivity contribution in [1.82, 2.24) is 19.7 Å². The summed E-state index contributed by atoms with van der Waals surface area (Å²) >= 11 is 8.84. The number of thiazole rings is 1. The molecule has 152 valence electrons. The highest BCUT2D eigenvalue weighted by atomic mass is 35.5. The number of rotatable bonds is 6. The molecule has 30 heavy (non-hydrogen) atoms. The minimum atomic E-state index is -0.435. The molecule has 0 unspecified atom stereocenters. The third-order valence-electron chi connectivity index (χ3n) is 4.04. The molecule has 6 nitrogen and oxygen atoms in total. The molecule has 2 aromatic carbocycles. The lowest BCUT2D eigenvalue weighted by Gasteiger charge is -2.12. The van der Waals surface area contributed by atoms with Gasteiger partial charge < -0.3 is 5.32 Å². The zero-order chi connectivity index (χ0) is 21.1. The van der Waals surface area contributed by atoms with E-state index in [-0.39, 0.29) is 17.3 Å². The Hall–Kier alpha value is -2.75. The van der Waals surface area contributed by atoms with Crippen LogP contribution in [0.25, 0.3) is 17.1 Å². The molecule has 2 aromatic heterocycles. The predicted octanol–water partition coefficient (Wildman–Crippen LogP) is 5.22. The van der Waals surface area contributed by atoms with E-state index in [1.165, 1.54) is 17.4 Å². The number of benzene rings is 2. The van der Waals surface area contributed by atoms with Gasteiger partial charge in [-0.1, -0.05) is 47.6 Å². The summed E-state index contributed by atoms with van der Waals surface area (Å²) in [5, 5.41) is 14.4. The largest absolute Gasteiger partial charge is 0.301 e. The van der Waals surface area contributed by atoms with Crippen LogP contribution in [0, 0.1) is 12.7 Å². The van der Waals surface area contributed by atoms with Crippen molar-refractivity contribution in [3.05, 3.63) is 70.4 Å². The summed E-state index contributed by atoms with van der Waals surface area (Å²) in [6.07, 6.45) is 0. The van der Waals surface area contributed by atoms with Gasteiger partial charge in [0.25, 0.3) is 0 Å². The molecular formula is C20H15ClFN5OS2. The molecule has 2 heterocycles. The van der Waals surface area contributed by atoms with Crippen LogP contribution < -0.4 is 5.32 Å². The third-order valence-corrected chi connectivity index (χ3v) is 6.17. The average molecular weight is 460 g/mol. The molecule has 0 aliphatic heterocycles. The topological polar surface area (TPSA) is 72.7 Å². The van der Waals surface area contributed by atoms with Crippen molar-refractivity contribution in [2.75, 3.05) is 11.1 Å². The molecule has 4 aromatic rings. The van der Waals surface area contributed by atoms with E-state index in [4.69, 9.17) is 11.6 Å². The summed E-state index contributed by atoms with van der Waals surface area (Å²) in [7, 11) is 0. The number of amides is 1. The Labute approximate surface area is 185 Å². The summed E-state index contributed by atoms with van der Waals surface area (Å²) in [5.41, 5.74) is 1.73. The second kappa shape index (κ2) is 8.95. The summed E-state index contributed by atoms with van der Waals surface area (Å²) in [6, 6.07) is 13.4. The molecule has 0 atom stereocenters. The lowest BCUT2D eigenvalue weighted by molar-refractivity contribution is -0.113. The summed E-state index contributed by atoms with van der Waals surface area (Å²) in [5.74, 6) is -0.218. The van der Waals surface area contributed by atoms with Gasteiger partial charge in [0.05, 0.1) is 22.2 Å². The molecule has 1 amide bonds. The lowest BCUT2D eigenvalue weighted by Crippen LogP contribution is -2.14. The fourth-order valence-corrected chi connectivity index (χ4v) is 4.40. The third kappa shape index (κ3) is 4.38. The molecule has 0 radical (unpaired) electrons. The van der Waals surface area contributed by atoms with Gasteiger partial charge in [0.2, 0.25) is 5.91 Å². The molecular weight excluding hydrogens is 445 g/mol. The van der Waals surface area contributed by atoms with Crippen molar-refractivity contribution in [3.63, 3.8) is 0 Å². The second-order valence-corrected chi connectivity index (χ2v) is 8.41. The number of hydrogen-bond donors (Lipinski definition) is 1. The van der Waals surface area contributed by atoms with Gasteiger partial charge in [-0.15, -0.1) is 21.5 Å². The number of para-hydroxylation sites is 1. The quantitative estimate of drug-likeness (QED) is 0.400. The number of nitrogens with zero attached hydrogens (tertiary/aromatic N) is 4. The van der Waals surface area contributed by atoms with Crippen molar-refractivity contribution < 1.29 is 9.18 Å². The molecule has 0 aliphatic rings. The maximum atomic E-state index is 14.6. The van der Waals surface area contributed by atoms with Crippen LogP contribution in [-0.4, -0.2) is 31.4 Å². The molecule has 4 rings (SSSR count). The summed E-state index contributed by atoms with van der Waals surface area (Å²) in [4.78, 5) is 16.5. The highest BCUT2D eigenvalue weighted by molar-refractivity contribution is 7.99. The highest BCUT2D eigenvalue weighted by Crippen LogP contribution is 2.32. The lowest BCUT2D eigenvalue weighted by atomic mass is 10.2. The number of halogens is 2. The molecule has 0 saturated carbocycles. The number of carbonyl (C=O) groups excluding carboxylic acids is 1. The molecule has 1 N–H and O–H groups in total. The Bertz CT molecular complexity index is 1210. The van der Waals surface area contributed by atoms with Crippen LogP contribution >= 0.6 is 34.7 Å². The number of thioether (sulfide) groups is 1. The van der Waals surface area contributed by atoms with Gasteiger partial charge >= 0.3 is 0 Å². The minimum absolute atomic E-state index is 0.0632. The molecule has 0 fully saturated rings. The van der Waals surface area contributed by atoms with Crippen molar-refractivity contribution >= 4 is 45.7 Å². The van der Waals surface area contributed by atoms with Crippen LogP contribution in [0.4, 0.5) is 9.52 Å². The van der Waals surface area contributed by atoms with Crippen LogP contribution in [0.1, 0.15) is 5.69 Å². The van der Waals surface area contributed by atoms with Gasteiger partial charge in [0.15, 0.2) is 16.1 Å². The predicted molar refractivity (Wildman–Crippen MR) is 118 cm³/mol. The molecule has 10 heteroatoms. The highest BCUT2D eigenvalue weighted by Gasteiger charge is 2.21. The zero-order valence-electron chi connectivity index (χ0n) is 15.7. The van der Waals surface area contributed by atoms with E-state index < -0.39 is 5.82 Å². The Balaban J connectivity index is 1.65. The van der Waals surface area contributed by atoms with Crippen LogP contribution in [0.2, 0.25) is 5.02 Å². The Morgan fingerprint density at radius 1 is 1.20 bits per heavy atom. The molecule has 0 bridgehead atoms. The Kier molecular flexibility index (Phi) is 6.12. The van der Waals surface area contributed by atoms with Gasteiger partial charge in [-0.25, -0.2) is 9.37 Å². The van der Waals surface area contributed by atoms with Crippen LogP contribution in [0.3, 0.4) is 0 Å². The normalized spacial score (nSPS) is 10.9. The van der Waals surface area contributed by atoms with E-state index in [1.807, 2.05) is 18.4 Å². The first-order chi connectivity index (χ1) is 14.5. The van der Waals surface area contributed by atoms with Gasteiger partial charge in [0.1, 0.15) is 5.82 Å². The molecule has 0 spiro atoms. The first-order valence-electron chi connectivity index (χ1n) is 8.83. The number of nitrogens with one attached hydrogen (secondary N) is 1. The van der Waals surface area contributed by atoms with Crippen LogP contribution in [0.15, 0.2) is 59.1 Å². The van der Waals surface area contributed by atoms with Gasteiger partial charge in [0, 0.05) is 10.9 Å². The van der Waals surface area contributed by atoms with E-state index >= 15 is 0 Å². The van der Waals surface area contributed by atoms with Gasteiger partial charge in [-0.2, -0.15) is 0 Å². The first-order valence-corrected chi connectivity index (χ1v) is 11.1. The minimum Gasteiger partial charge on any atom is -0.301 e. The average Bonchev–Trinajstić information content (AvgIpc) is 3.33. The molecule has 0 saturated heterocycles. The van der Waals surface area contributed by atoms with E-state index in [2.05, 4.69) is 20.5 Å². The summed E-state index contributed by atoms with van der Waals surface area (Å²) in [6.45, 7) is 1.86. The number of hydrogen-bond acceptors (Lipinski definition) is 6. The zero-order valence-corrected chi connectivity index (χ0v) is 18.1. The SMILES string of the molecule is Cc1csc(NC(=O)CSc2nnc(-c3ccccc3Cl)n2-c2ccccc2F)n1. The van der Waals surface area contributed by atoms with Crippen LogP contribution in [0.5, 0.6) is 0 Å². The Morgan fingerprint density at radius 3 is 2.70 bits per heavy atom. The maximum absolute atomic E-state index is 14.6. The van der Waals surface area contributed by atoms with Crippen molar-refractivity contribution in [3.8, 4) is 17.1 Å². The monoisotopic (exact) mass is 459 g/mol. The van der Waals surface area contributed by atoms with Crippen LogP contribution in [-0.2, 0) is 4.79 Å². The number of carbonyl (C=O) groups is 1. The van der Waals surface area contributed by atoms with Gasteiger partial charge in [-0.3, -0.25) is 9.36 Å². The van der Waals surface area contributed by atoms with Crippen molar-refractivity contribution in [1.29, 1.82) is 0 Å². The van der Waals surface area contributed by atoms with E-state index in [9.17, 15) is 9.18 Å². The van der Waals surface area contributed by atoms with E-state index in [1.54, 1.807) is 41.0 Å². The summed E-state index contributed by atoms with van der Waals surface area (Å²) < 4.78 is 16.2. The number of anilines is 1. The van der Waals surface area contributed by atoms with E-state index in [0.717, 1.165) is 17.5 Å². The Morgan fingerprint density at radius 2 is 1.97 bits per heavy atom.